The lowest BCUT2D eigenvalue weighted by atomic mass is 10.7. The van der Waals surface area contributed by atoms with Crippen LogP contribution in [0.4, 0.5) is 0 Å². The van der Waals surface area contributed by atoms with Crippen LogP contribution in [0.2, 0.25) is 0 Å². The van der Waals surface area contributed by atoms with Gasteiger partial charge in [0.15, 0.2) is 0 Å². The number of hydrogen-bond donors (Lipinski definition) is 0. The third kappa shape index (κ3) is 2.08. The third-order valence-corrected chi connectivity index (χ3v) is 5.11. The van der Waals surface area contributed by atoms with Crippen LogP contribution >= 0.6 is 46.8 Å². The van der Waals surface area contributed by atoms with Crippen molar-refractivity contribution in [3.63, 3.8) is 0 Å². The zero-order valence-corrected chi connectivity index (χ0v) is 9.85. The molecular formula is C6H9NS4. The van der Waals surface area contributed by atoms with Gasteiger partial charge in [0.1, 0.15) is 5.03 Å². The molecule has 0 saturated carbocycles. The summed E-state index contributed by atoms with van der Waals surface area (Å²) in [4.78, 5) is 1.34. The highest BCUT2D eigenvalue weighted by Crippen LogP contribution is 2.38. The molecule has 0 aromatic carbocycles. The Labute approximate surface area is 83.9 Å². The van der Waals surface area contributed by atoms with Gasteiger partial charge in [-0.15, -0.1) is 35.3 Å². The highest BCUT2D eigenvalue weighted by atomic mass is 32.2. The molecule has 0 aliphatic heterocycles. The van der Waals surface area contributed by atoms with E-state index in [1.165, 1.54) is 14.1 Å². The van der Waals surface area contributed by atoms with E-state index < -0.39 is 0 Å². The molecule has 1 nitrogen and oxygen atoms in total. The summed E-state index contributed by atoms with van der Waals surface area (Å²) in [5, 5.41) is 1.17. The molecule has 0 spiro atoms. The molecule has 0 saturated heterocycles. The Bertz CT molecular complexity index is 211. The van der Waals surface area contributed by atoms with Crippen LogP contribution < -0.4 is 0 Å². The van der Waals surface area contributed by atoms with Crippen molar-refractivity contribution < 1.29 is 0 Å². The minimum Gasteiger partial charge on any atom is -0.184 e. The highest BCUT2D eigenvalue weighted by molar-refractivity contribution is 8.04. The average molecular weight is 223 g/mol. The van der Waals surface area contributed by atoms with Gasteiger partial charge in [0, 0.05) is 0 Å². The zero-order valence-electron chi connectivity index (χ0n) is 6.58. The van der Waals surface area contributed by atoms with E-state index in [0.717, 1.165) is 0 Å². The van der Waals surface area contributed by atoms with Gasteiger partial charge in [-0.25, -0.2) is 0 Å². The molecule has 0 N–H and O–H groups in total. The van der Waals surface area contributed by atoms with E-state index in [2.05, 4.69) is 23.1 Å². The van der Waals surface area contributed by atoms with E-state index in [-0.39, 0.29) is 0 Å². The zero-order chi connectivity index (χ0) is 8.27. The van der Waals surface area contributed by atoms with E-state index in [0.29, 0.717) is 0 Å². The van der Waals surface area contributed by atoms with Crippen molar-refractivity contribution in [1.82, 2.24) is 4.37 Å². The second kappa shape index (κ2) is 4.64. The largest absolute Gasteiger partial charge is 0.184 e. The molecule has 0 atom stereocenters. The molecular weight excluding hydrogens is 214 g/mol. The van der Waals surface area contributed by atoms with E-state index >= 15 is 0 Å². The summed E-state index contributed by atoms with van der Waals surface area (Å²) in [6.07, 6.45) is 6.26. The molecule has 5 heteroatoms. The summed E-state index contributed by atoms with van der Waals surface area (Å²) >= 11 is 6.88. The summed E-state index contributed by atoms with van der Waals surface area (Å²) < 4.78 is 5.67. The lowest BCUT2D eigenvalue weighted by molar-refractivity contribution is 1.13. The molecule has 1 aromatic rings. The molecule has 1 aromatic heterocycles. The maximum atomic E-state index is 4.34. The van der Waals surface area contributed by atoms with E-state index in [1.807, 2.05) is 0 Å². The second-order valence-electron chi connectivity index (χ2n) is 1.72. The van der Waals surface area contributed by atoms with Gasteiger partial charge in [0.25, 0.3) is 0 Å². The Hall–Kier alpha value is 0.680. The Morgan fingerprint density at radius 1 is 1.09 bits per heavy atom. The number of aromatic nitrogens is 1. The maximum absolute atomic E-state index is 4.34. The summed E-state index contributed by atoms with van der Waals surface area (Å²) in [5.74, 6) is 0. The molecule has 0 amide bonds. The number of hydrogen-bond acceptors (Lipinski definition) is 5. The van der Waals surface area contributed by atoms with Crippen molar-refractivity contribution in [2.75, 3.05) is 18.8 Å². The molecule has 0 aliphatic rings. The highest BCUT2D eigenvalue weighted by Gasteiger charge is 2.10. The van der Waals surface area contributed by atoms with Gasteiger partial charge in [0.05, 0.1) is 9.10 Å². The lowest BCUT2D eigenvalue weighted by Crippen LogP contribution is -1.71. The summed E-state index contributed by atoms with van der Waals surface area (Å²) in [7, 11) is 0. The van der Waals surface area contributed by atoms with Crippen LogP contribution in [-0.4, -0.2) is 23.1 Å². The van der Waals surface area contributed by atoms with Crippen molar-refractivity contribution in [1.29, 1.82) is 0 Å². The normalized spacial score (nSPS) is 10.5. The molecule has 0 bridgehead atoms. The van der Waals surface area contributed by atoms with E-state index in [4.69, 9.17) is 0 Å². The summed E-state index contributed by atoms with van der Waals surface area (Å²) in [6.45, 7) is 0. The van der Waals surface area contributed by atoms with Crippen LogP contribution in [0, 0.1) is 0 Å². The minimum atomic E-state index is 1.17. The molecule has 11 heavy (non-hydrogen) atoms. The topological polar surface area (TPSA) is 12.9 Å². The Kier molecular flexibility index (Phi) is 4.12. The predicted molar refractivity (Wildman–Crippen MR) is 57.5 cm³/mol. The first-order valence-corrected chi connectivity index (χ1v) is 7.40. The van der Waals surface area contributed by atoms with Crippen molar-refractivity contribution in [2.45, 2.75) is 14.1 Å². The first kappa shape index (κ1) is 9.77. The first-order valence-electron chi connectivity index (χ1n) is 2.95. The second-order valence-corrected chi connectivity index (χ2v) is 5.18. The summed E-state index contributed by atoms with van der Waals surface area (Å²) in [5.41, 5.74) is 0. The lowest BCUT2D eigenvalue weighted by Gasteiger charge is -1.95. The van der Waals surface area contributed by atoms with Gasteiger partial charge in [-0.05, 0) is 30.3 Å². The van der Waals surface area contributed by atoms with Crippen molar-refractivity contribution in [3.8, 4) is 0 Å². The summed E-state index contributed by atoms with van der Waals surface area (Å²) in [6, 6.07) is 0. The monoisotopic (exact) mass is 223 g/mol. The predicted octanol–water partition coefficient (Wildman–Crippen LogP) is 3.31. The van der Waals surface area contributed by atoms with Crippen molar-refractivity contribution in [3.05, 3.63) is 0 Å². The van der Waals surface area contributed by atoms with Crippen LogP contribution in [0.3, 0.4) is 0 Å². The Morgan fingerprint density at radius 2 is 1.82 bits per heavy atom. The van der Waals surface area contributed by atoms with Gasteiger partial charge in [-0.3, -0.25) is 0 Å². The van der Waals surface area contributed by atoms with Gasteiger partial charge < -0.3 is 0 Å². The standard InChI is InChI=1S/C6H9NS4/c1-8-4-5(9-2)7-11-6(4)10-3/h1-3H3. The van der Waals surface area contributed by atoms with E-state index in [9.17, 15) is 0 Å². The van der Waals surface area contributed by atoms with E-state index in [1.54, 1.807) is 46.8 Å². The van der Waals surface area contributed by atoms with Crippen LogP contribution in [-0.2, 0) is 0 Å². The van der Waals surface area contributed by atoms with Gasteiger partial charge in [0.2, 0.25) is 0 Å². The van der Waals surface area contributed by atoms with Crippen LogP contribution in [0.25, 0.3) is 0 Å². The minimum absolute atomic E-state index is 1.17. The fourth-order valence-corrected chi connectivity index (χ4v) is 4.45. The quantitative estimate of drug-likeness (QED) is 0.729. The van der Waals surface area contributed by atoms with Gasteiger partial charge in [-0.1, -0.05) is 0 Å². The van der Waals surface area contributed by atoms with Crippen LogP contribution in [0.5, 0.6) is 0 Å². The molecule has 1 rings (SSSR count). The Balaban J connectivity index is 2.99. The van der Waals surface area contributed by atoms with Crippen molar-refractivity contribution >= 4 is 46.8 Å². The fraction of sp³-hybridized carbons (Fsp3) is 0.500. The molecule has 0 fully saturated rings. The maximum Gasteiger partial charge on any atom is 0.124 e. The van der Waals surface area contributed by atoms with Crippen molar-refractivity contribution in [2.24, 2.45) is 0 Å². The number of rotatable bonds is 3. The fourth-order valence-electron chi connectivity index (χ4n) is 0.684. The Morgan fingerprint density at radius 3 is 2.27 bits per heavy atom. The third-order valence-electron chi connectivity index (χ3n) is 1.17. The average Bonchev–Trinajstić information content (AvgIpc) is 2.45. The SMILES string of the molecule is CSc1nsc(SC)c1SC. The smallest absolute Gasteiger partial charge is 0.124 e. The van der Waals surface area contributed by atoms with Gasteiger partial charge >= 0.3 is 0 Å². The first-order chi connectivity index (χ1) is 5.33. The molecule has 0 aliphatic carbocycles. The van der Waals surface area contributed by atoms with Crippen LogP contribution in [0.15, 0.2) is 14.1 Å². The molecule has 0 unspecified atom stereocenters. The molecule has 1 heterocycles. The number of nitrogens with zero attached hydrogens (tertiary/aromatic N) is 1. The number of thioether (sulfide) groups is 3. The van der Waals surface area contributed by atoms with Gasteiger partial charge in [-0.2, -0.15) is 4.37 Å². The molecule has 0 radical (unpaired) electrons. The van der Waals surface area contributed by atoms with Crippen LogP contribution in [0.1, 0.15) is 0 Å². The molecule has 62 valence electrons.